The number of methoxy groups -OCH3 is 1. The standard InChI is InChI=1S/C28H25Cl2N5O3/c1-16(2)25(36)23-15-35(33-32-23)22-12-28(11-17-4-6-18(13-31)7-5-17)26(38-3)24(27(37)34(28)14-22)19-8-20(29)10-21(30)9-19/h4-10,15-16,22H,11-12,14H2,1-3H3. The third-order valence-electron chi connectivity index (χ3n) is 7.19. The lowest BCUT2D eigenvalue weighted by molar-refractivity contribution is -0.126. The maximum atomic E-state index is 14.0. The number of ketones is 1. The second-order valence-electron chi connectivity index (χ2n) is 9.96. The summed E-state index contributed by atoms with van der Waals surface area (Å²) in [5.41, 5.74) is 1.96. The molecular formula is C28H25Cl2N5O3. The van der Waals surface area contributed by atoms with Crippen molar-refractivity contribution in [3.8, 4) is 6.07 Å². The molecule has 0 saturated carbocycles. The van der Waals surface area contributed by atoms with Gasteiger partial charge in [0.2, 0.25) is 0 Å². The lowest BCUT2D eigenvalue weighted by atomic mass is 9.85. The molecule has 0 radical (unpaired) electrons. The lowest BCUT2D eigenvalue weighted by Gasteiger charge is -2.34. The molecule has 10 heteroatoms. The van der Waals surface area contributed by atoms with Crippen molar-refractivity contribution in [1.82, 2.24) is 19.9 Å². The van der Waals surface area contributed by atoms with Crippen LogP contribution >= 0.6 is 23.2 Å². The molecular weight excluding hydrogens is 525 g/mol. The van der Waals surface area contributed by atoms with Gasteiger partial charge in [-0.05, 0) is 41.5 Å². The summed E-state index contributed by atoms with van der Waals surface area (Å²) in [6.45, 7) is 3.98. The zero-order valence-corrected chi connectivity index (χ0v) is 22.6. The van der Waals surface area contributed by atoms with E-state index < -0.39 is 5.54 Å². The van der Waals surface area contributed by atoms with E-state index in [1.165, 1.54) is 0 Å². The van der Waals surface area contributed by atoms with Crippen LogP contribution in [0.4, 0.5) is 0 Å². The highest BCUT2D eigenvalue weighted by Gasteiger charge is 2.59. The SMILES string of the molecule is COC1=C(c2cc(Cl)cc(Cl)c2)C(=O)N2CC(n3cc(C(=O)C(C)C)nn3)CC12Cc1ccc(C#N)cc1. The van der Waals surface area contributed by atoms with Gasteiger partial charge in [0.1, 0.15) is 17.0 Å². The third-order valence-corrected chi connectivity index (χ3v) is 7.62. The predicted molar refractivity (Wildman–Crippen MR) is 143 cm³/mol. The number of aromatic nitrogens is 3. The molecule has 0 spiro atoms. The highest BCUT2D eigenvalue weighted by atomic mass is 35.5. The fourth-order valence-electron chi connectivity index (χ4n) is 5.48. The van der Waals surface area contributed by atoms with E-state index in [2.05, 4.69) is 16.4 Å². The van der Waals surface area contributed by atoms with Gasteiger partial charge in [-0.3, -0.25) is 9.59 Å². The zero-order chi connectivity index (χ0) is 27.2. The summed E-state index contributed by atoms with van der Waals surface area (Å²) >= 11 is 12.6. The Labute approximate surface area is 230 Å². The van der Waals surface area contributed by atoms with E-state index in [4.69, 9.17) is 27.9 Å². The van der Waals surface area contributed by atoms with Gasteiger partial charge < -0.3 is 9.64 Å². The molecule has 3 heterocycles. The molecule has 5 rings (SSSR count). The Hall–Kier alpha value is -3.67. The maximum Gasteiger partial charge on any atom is 0.258 e. The van der Waals surface area contributed by atoms with Crippen molar-refractivity contribution in [1.29, 1.82) is 5.26 Å². The molecule has 1 saturated heterocycles. The Bertz CT molecular complexity index is 1490. The molecule has 194 valence electrons. The minimum absolute atomic E-state index is 0.0873. The first-order valence-electron chi connectivity index (χ1n) is 12.2. The Morgan fingerprint density at radius 1 is 1.21 bits per heavy atom. The number of nitriles is 1. The quantitative estimate of drug-likeness (QED) is 0.379. The summed E-state index contributed by atoms with van der Waals surface area (Å²) in [7, 11) is 1.56. The molecule has 2 aromatic carbocycles. The van der Waals surface area contributed by atoms with Crippen LogP contribution in [-0.4, -0.2) is 50.8 Å². The summed E-state index contributed by atoms with van der Waals surface area (Å²) in [5.74, 6) is 0.0307. The number of halogens is 2. The molecule has 0 bridgehead atoms. The molecule has 38 heavy (non-hydrogen) atoms. The molecule has 2 atom stereocenters. The number of carbonyl (C=O) groups is 2. The minimum atomic E-state index is -0.830. The molecule has 8 nitrogen and oxygen atoms in total. The number of amides is 1. The fraction of sp³-hybridized carbons (Fsp3) is 0.321. The number of Topliss-reactive ketones (excluding diaryl/α,β-unsaturated/α-hetero) is 1. The molecule has 0 aliphatic carbocycles. The van der Waals surface area contributed by atoms with Crippen molar-refractivity contribution >= 4 is 40.5 Å². The topological polar surface area (TPSA) is 101 Å². The van der Waals surface area contributed by atoms with Crippen LogP contribution in [0, 0.1) is 17.2 Å². The van der Waals surface area contributed by atoms with E-state index in [1.807, 2.05) is 30.9 Å². The molecule has 1 fully saturated rings. The highest BCUT2D eigenvalue weighted by molar-refractivity contribution is 6.35. The Kier molecular flexibility index (Phi) is 6.76. The van der Waals surface area contributed by atoms with Crippen LogP contribution in [0.15, 0.2) is 54.4 Å². The van der Waals surface area contributed by atoms with E-state index in [1.54, 1.807) is 48.3 Å². The fourth-order valence-corrected chi connectivity index (χ4v) is 6.00. The predicted octanol–water partition coefficient (Wildman–Crippen LogP) is 5.12. The lowest BCUT2D eigenvalue weighted by Crippen LogP contribution is -2.45. The van der Waals surface area contributed by atoms with E-state index in [9.17, 15) is 14.9 Å². The summed E-state index contributed by atoms with van der Waals surface area (Å²) in [4.78, 5) is 28.3. The molecule has 2 aliphatic heterocycles. The van der Waals surface area contributed by atoms with Crippen LogP contribution in [0.2, 0.25) is 10.0 Å². The summed E-state index contributed by atoms with van der Waals surface area (Å²) in [6.07, 6.45) is 2.59. The van der Waals surface area contributed by atoms with Crippen LogP contribution in [0.3, 0.4) is 0 Å². The first-order valence-corrected chi connectivity index (χ1v) is 12.9. The summed E-state index contributed by atoms with van der Waals surface area (Å²) in [5, 5.41) is 18.4. The van der Waals surface area contributed by atoms with Gasteiger partial charge in [-0.2, -0.15) is 5.26 Å². The van der Waals surface area contributed by atoms with Crippen LogP contribution in [-0.2, 0) is 16.0 Å². The molecule has 0 N–H and O–H groups in total. The molecule has 3 aromatic rings. The van der Waals surface area contributed by atoms with Crippen LogP contribution in [0.5, 0.6) is 0 Å². The van der Waals surface area contributed by atoms with Gasteiger partial charge >= 0.3 is 0 Å². The second-order valence-corrected chi connectivity index (χ2v) is 10.8. The smallest absolute Gasteiger partial charge is 0.258 e. The van der Waals surface area contributed by atoms with Crippen LogP contribution in [0.1, 0.15) is 53.5 Å². The number of nitrogens with zero attached hydrogens (tertiary/aromatic N) is 5. The van der Waals surface area contributed by atoms with E-state index >= 15 is 0 Å². The van der Waals surface area contributed by atoms with Crippen molar-refractivity contribution in [2.24, 2.45) is 5.92 Å². The van der Waals surface area contributed by atoms with Crippen molar-refractivity contribution in [3.05, 3.63) is 86.9 Å². The Morgan fingerprint density at radius 3 is 2.50 bits per heavy atom. The number of hydrogen-bond donors (Lipinski definition) is 0. The molecule has 1 amide bonds. The van der Waals surface area contributed by atoms with Crippen LogP contribution in [0.25, 0.3) is 5.57 Å². The maximum absolute atomic E-state index is 14.0. The number of fused-ring (bicyclic) bond motifs is 1. The van der Waals surface area contributed by atoms with E-state index in [0.717, 1.165) is 5.56 Å². The van der Waals surface area contributed by atoms with Gasteiger partial charge in [-0.1, -0.05) is 54.4 Å². The monoisotopic (exact) mass is 549 g/mol. The average molecular weight is 550 g/mol. The van der Waals surface area contributed by atoms with E-state index in [0.29, 0.717) is 57.6 Å². The second kappa shape index (κ2) is 9.90. The van der Waals surface area contributed by atoms with Crippen molar-refractivity contribution in [2.75, 3.05) is 13.7 Å². The van der Waals surface area contributed by atoms with Gasteiger partial charge in [0.25, 0.3) is 5.91 Å². The van der Waals surface area contributed by atoms with Gasteiger partial charge in [-0.15, -0.1) is 5.10 Å². The van der Waals surface area contributed by atoms with Gasteiger partial charge in [0.05, 0.1) is 36.6 Å². The number of carbonyl (C=O) groups excluding carboxylic acids is 2. The van der Waals surface area contributed by atoms with Crippen molar-refractivity contribution < 1.29 is 14.3 Å². The largest absolute Gasteiger partial charge is 0.498 e. The Balaban J connectivity index is 1.61. The van der Waals surface area contributed by atoms with E-state index in [-0.39, 0.29) is 23.7 Å². The zero-order valence-electron chi connectivity index (χ0n) is 21.1. The molecule has 2 unspecified atom stereocenters. The minimum Gasteiger partial charge on any atom is -0.498 e. The molecule has 2 aliphatic rings. The van der Waals surface area contributed by atoms with Gasteiger partial charge in [0.15, 0.2) is 5.78 Å². The Morgan fingerprint density at radius 2 is 1.89 bits per heavy atom. The third kappa shape index (κ3) is 4.36. The van der Waals surface area contributed by atoms with Gasteiger partial charge in [0, 0.05) is 35.3 Å². The summed E-state index contributed by atoms with van der Waals surface area (Å²) in [6, 6.07) is 14.2. The van der Waals surface area contributed by atoms with Crippen molar-refractivity contribution in [3.63, 3.8) is 0 Å². The molecule has 1 aromatic heterocycles. The van der Waals surface area contributed by atoms with Crippen LogP contribution < -0.4 is 0 Å². The first kappa shape index (κ1) is 26.0. The van der Waals surface area contributed by atoms with Crippen molar-refractivity contribution in [2.45, 2.75) is 38.3 Å². The van der Waals surface area contributed by atoms with Gasteiger partial charge in [-0.25, -0.2) is 4.68 Å². The normalized spacial score (nSPS) is 20.7. The number of rotatable bonds is 7. The highest BCUT2D eigenvalue weighted by Crippen LogP contribution is 2.51. The number of ether oxygens (including phenoxy) is 1. The number of benzene rings is 2. The summed E-state index contributed by atoms with van der Waals surface area (Å²) < 4.78 is 7.67. The first-order chi connectivity index (χ1) is 18.2. The number of hydrogen-bond acceptors (Lipinski definition) is 6. The average Bonchev–Trinajstić information content (AvgIpc) is 3.56.